The summed E-state index contributed by atoms with van der Waals surface area (Å²) in [4.78, 5) is 36.2. The largest absolute Gasteiger partial charge is 0.495 e. The predicted molar refractivity (Wildman–Crippen MR) is 125 cm³/mol. The summed E-state index contributed by atoms with van der Waals surface area (Å²) in [6.45, 7) is 0. The molecule has 11 heteroatoms. The standard InChI is InChI=1S/C21H18N4O5S.ClH/c1-30-17-7-3-2-5-15(17)23-20(26)19-16(24-21(22)27)6-4-8-18(19)31-14-11-9-13(10-12-14)25(28)29;/h2-12H,1H3,(H,23,26)(H3,22,24,27);1H. The minimum absolute atomic E-state index is 0. The van der Waals surface area contributed by atoms with Gasteiger partial charge in [-0.1, -0.05) is 30.0 Å². The number of anilines is 2. The maximum atomic E-state index is 13.2. The molecule has 0 aromatic heterocycles. The molecule has 0 saturated heterocycles. The Balaban J connectivity index is 0.00000363. The van der Waals surface area contributed by atoms with Gasteiger partial charge in [-0.05, 0) is 36.4 Å². The highest BCUT2D eigenvalue weighted by Gasteiger charge is 2.20. The zero-order valence-electron chi connectivity index (χ0n) is 16.7. The fourth-order valence-corrected chi connectivity index (χ4v) is 3.76. The molecule has 0 spiro atoms. The molecular formula is C21H19ClN4O5S. The van der Waals surface area contributed by atoms with Crippen LogP contribution in [-0.4, -0.2) is 24.0 Å². The number of hydrogen-bond acceptors (Lipinski definition) is 6. The lowest BCUT2D eigenvalue weighted by atomic mass is 10.1. The molecule has 3 rings (SSSR count). The molecule has 0 radical (unpaired) electrons. The fourth-order valence-electron chi connectivity index (χ4n) is 2.78. The van der Waals surface area contributed by atoms with Crippen LogP contribution in [0, 0.1) is 10.1 Å². The van der Waals surface area contributed by atoms with Crippen molar-refractivity contribution in [1.82, 2.24) is 0 Å². The Morgan fingerprint density at radius 3 is 2.25 bits per heavy atom. The highest BCUT2D eigenvalue weighted by atomic mass is 35.5. The quantitative estimate of drug-likeness (QED) is 0.328. The van der Waals surface area contributed by atoms with Crippen LogP contribution < -0.4 is 21.1 Å². The van der Waals surface area contributed by atoms with Crippen LogP contribution in [-0.2, 0) is 0 Å². The first-order valence-electron chi connectivity index (χ1n) is 8.95. The number of hydrogen-bond donors (Lipinski definition) is 3. The van der Waals surface area contributed by atoms with Crippen molar-refractivity contribution in [2.75, 3.05) is 17.7 Å². The Morgan fingerprint density at radius 2 is 1.62 bits per heavy atom. The molecule has 0 unspecified atom stereocenters. The number of nitro groups is 1. The minimum atomic E-state index is -0.816. The maximum absolute atomic E-state index is 13.2. The van der Waals surface area contributed by atoms with Crippen LogP contribution in [0.3, 0.4) is 0 Å². The van der Waals surface area contributed by atoms with E-state index >= 15 is 0 Å². The molecule has 0 aliphatic carbocycles. The van der Waals surface area contributed by atoms with Crippen LogP contribution in [0.1, 0.15) is 10.4 Å². The van der Waals surface area contributed by atoms with Gasteiger partial charge in [0.25, 0.3) is 11.6 Å². The zero-order valence-corrected chi connectivity index (χ0v) is 18.4. The SMILES string of the molecule is COc1ccccc1NC(=O)c1c(NC(N)=O)cccc1Sc1ccc([N+](=O)[O-])cc1.Cl. The number of nitrogens with two attached hydrogens (primary N) is 1. The van der Waals surface area contributed by atoms with Gasteiger partial charge in [-0.2, -0.15) is 0 Å². The molecule has 3 aromatic rings. The van der Waals surface area contributed by atoms with Crippen LogP contribution >= 0.6 is 24.2 Å². The lowest BCUT2D eigenvalue weighted by Crippen LogP contribution is -2.23. The fraction of sp³-hybridized carbons (Fsp3) is 0.0476. The topological polar surface area (TPSA) is 137 Å². The molecule has 0 heterocycles. The number of primary amides is 1. The second kappa shape index (κ2) is 11.0. The van der Waals surface area contributed by atoms with Gasteiger partial charge in [0.15, 0.2) is 0 Å². The number of ether oxygens (including phenoxy) is 1. The molecule has 9 nitrogen and oxygen atoms in total. The summed E-state index contributed by atoms with van der Waals surface area (Å²) in [5, 5.41) is 16.1. The minimum Gasteiger partial charge on any atom is -0.495 e. The number of nitrogens with one attached hydrogen (secondary N) is 2. The van der Waals surface area contributed by atoms with E-state index in [1.165, 1.54) is 31.0 Å². The van der Waals surface area contributed by atoms with Gasteiger partial charge in [0.1, 0.15) is 5.75 Å². The smallest absolute Gasteiger partial charge is 0.316 e. The van der Waals surface area contributed by atoms with Crippen LogP contribution in [0.25, 0.3) is 0 Å². The van der Waals surface area contributed by atoms with Crippen molar-refractivity contribution in [2.24, 2.45) is 5.73 Å². The lowest BCUT2D eigenvalue weighted by Gasteiger charge is -2.16. The number of rotatable bonds is 7. The summed E-state index contributed by atoms with van der Waals surface area (Å²) in [6.07, 6.45) is 0. The number of halogens is 1. The molecular weight excluding hydrogens is 456 g/mol. The van der Waals surface area contributed by atoms with E-state index in [4.69, 9.17) is 10.5 Å². The normalized spacial score (nSPS) is 9.91. The first-order chi connectivity index (χ1) is 14.9. The maximum Gasteiger partial charge on any atom is 0.316 e. The Bertz CT molecular complexity index is 1140. The summed E-state index contributed by atoms with van der Waals surface area (Å²) >= 11 is 1.22. The number of non-ortho nitro benzene ring substituents is 1. The van der Waals surface area contributed by atoms with Gasteiger partial charge in [-0.25, -0.2) is 4.79 Å². The summed E-state index contributed by atoms with van der Waals surface area (Å²) in [5.41, 5.74) is 6.10. The number of benzene rings is 3. The Morgan fingerprint density at radius 1 is 0.969 bits per heavy atom. The first kappa shape index (κ1) is 24.5. The van der Waals surface area contributed by atoms with Crippen molar-refractivity contribution in [3.05, 3.63) is 82.4 Å². The average molecular weight is 475 g/mol. The molecule has 0 bridgehead atoms. The van der Waals surface area contributed by atoms with Gasteiger partial charge < -0.3 is 21.1 Å². The Hall–Kier alpha value is -3.76. The second-order valence-corrected chi connectivity index (χ2v) is 7.29. The van der Waals surface area contributed by atoms with Crippen molar-refractivity contribution in [3.63, 3.8) is 0 Å². The number of carbonyl (C=O) groups is 2. The number of methoxy groups -OCH3 is 1. The van der Waals surface area contributed by atoms with E-state index in [0.717, 1.165) is 0 Å². The van der Waals surface area contributed by atoms with E-state index in [1.807, 2.05) is 0 Å². The van der Waals surface area contributed by atoms with Crippen LogP contribution in [0.2, 0.25) is 0 Å². The van der Waals surface area contributed by atoms with Gasteiger partial charge >= 0.3 is 6.03 Å². The van der Waals surface area contributed by atoms with E-state index in [9.17, 15) is 19.7 Å². The monoisotopic (exact) mass is 474 g/mol. The average Bonchev–Trinajstić information content (AvgIpc) is 2.74. The van der Waals surface area contributed by atoms with Gasteiger partial charge in [0, 0.05) is 21.9 Å². The number of para-hydroxylation sites is 2. The third kappa shape index (κ3) is 5.90. The summed E-state index contributed by atoms with van der Waals surface area (Å²) in [6, 6.07) is 16.9. The van der Waals surface area contributed by atoms with Crippen molar-refractivity contribution >= 4 is 53.2 Å². The molecule has 3 aromatic carbocycles. The molecule has 0 fully saturated rings. The number of urea groups is 1. The van der Waals surface area contributed by atoms with Crippen LogP contribution in [0.4, 0.5) is 21.9 Å². The lowest BCUT2D eigenvalue weighted by molar-refractivity contribution is -0.384. The molecule has 3 amide bonds. The number of carbonyl (C=O) groups excluding carboxylic acids is 2. The molecule has 0 atom stereocenters. The van der Waals surface area contributed by atoms with E-state index in [0.29, 0.717) is 21.2 Å². The summed E-state index contributed by atoms with van der Waals surface area (Å²) in [7, 11) is 1.49. The number of amides is 3. The Labute approximate surface area is 193 Å². The third-order valence-electron chi connectivity index (χ3n) is 4.14. The van der Waals surface area contributed by atoms with Crippen molar-refractivity contribution in [2.45, 2.75) is 9.79 Å². The van der Waals surface area contributed by atoms with Crippen LogP contribution in [0.15, 0.2) is 76.5 Å². The molecule has 0 saturated carbocycles. The zero-order chi connectivity index (χ0) is 22.4. The Kier molecular flexibility index (Phi) is 8.45. The second-order valence-electron chi connectivity index (χ2n) is 6.18. The molecule has 32 heavy (non-hydrogen) atoms. The summed E-state index contributed by atoms with van der Waals surface area (Å²) in [5.74, 6) is -0.0148. The van der Waals surface area contributed by atoms with E-state index < -0.39 is 16.9 Å². The first-order valence-corrected chi connectivity index (χ1v) is 9.77. The van der Waals surface area contributed by atoms with Gasteiger partial charge in [0.05, 0.1) is 29.0 Å². The van der Waals surface area contributed by atoms with E-state index in [2.05, 4.69) is 10.6 Å². The van der Waals surface area contributed by atoms with Gasteiger partial charge in [-0.15, -0.1) is 12.4 Å². The van der Waals surface area contributed by atoms with Crippen molar-refractivity contribution in [1.29, 1.82) is 0 Å². The molecule has 4 N–H and O–H groups in total. The molecule has 0 aliphatic heterocycles. The molecule has 0 aliphatic rings. The number of nitro benzene ring substituents is 1. The van der Waals surface area contributed by atoms with E-state index in [-0.39, 0.29) is 29.3 Å². The summed E-state index contributed by atoms with van der Waals surface area (Å²) < 4.78 is 5.27. The van der Waals surface area contributed by atoms with Crippen molar-refractivity contribution in [3.8, 4) is 5.75 Å². The predicted octanol–water partition coefficient (Wildman–Crippen LogP) is 4.92. The highest BCUT2D eigenvalue weighted by Crippen LogP contribution is 2.36. The third-order valence-corrected chi connectivity index (χ3v) is 5.21. The molecule has 166 valence electrons. The highest BCUT2D eigenvalue weighted by molar-refractivity contribution is 7.99. The van der Waals surface area contributed by atoms with E-state index in [1.54, 1.807) is 54.6 Å². The van der Waals surface area contributed by atoms with Gasteiger partial charge in [0.2, 0.25) is 0 Å². The van der Waals surface area contributed by atoms with Crippen molar-refractivity contribution < 1.29 is 19.2 Å². The van der Waals surface area contributed by atoms with Crippen LogP contribution in [0.5, 0.6) is 5.75 Å². The number of nitrogens with zero attached hydrogens (tertiary/aromatic N) is 1. The van der Waals surface area contributed by atoms with Gasteiger partial charge in [-0.3, -0.25) is 14.9 Å².